The first-order chi connectivity index (χ1) is 8.13. The van der Waals surface area contributed by atoms with Crippen molar-refractivity contribution in [2.45, 2.75) is 0 Å². The molecule has 88 valence electrons. The van der Waals surface area contributed by atoms with Crippen molar-refractivity contribution in [1.82, 2.24) is 5.48 Å². The van der Waals surface area contributed by atoms with Gasteiger partial charge in [0.05, 0.1) is 0 Å². The Morgan fingerprint density at radius 3 is 2.41 bits per heavy atom. The summed E-state index contributed by atoms with van der Waals surface area (Å²) in [7, 11) is 0. The first-order valence-corrected chi connectivity index (χ1v) is 5.10. The Labute approximate surface area is 103 Å². The number of hydroxylamine groups is 1. The van der Waals surface area contributed by atoms with Gasteiger partial charge in [0.15, 0.2) is 0 Å². The standard InChI is InChI=1S/C12H10ClNO3/c13-10(6-7-11(15)12(16)14-17)8-9-4-2-1-3-5-9/h1-8,17H,(H,14,16)/b7-6+,10-8-. The lowest BCUT2D eigenvalue weighted by Crippen LogP contribution is -2.26. The predicted octanol–water partition coefficient (Wildman–Crippen LogP) is 1.90. The molecule has 5 heteroatoms. The number of allylic oxidation sites excluding steroid dienone is 2. The average molecular weight is 252 g/mol. The normalized spacial score (nSPS) is 11.5. The second kappa shape index (κ2) is 6.62. The number of ketones is 1. The number of hydrogen-bond donors (Lipinski definition) is 2. The van der Waals surface area contributed by atoms with Gasteiger partial charge in [-0.3, -0.25) is 14.8 Å². The average Bonchev–Trinajstić information content (AvgIpc) is 2.36. The zero-order chi connectivity index (χ0) is 12.7. The maximum atomic E-state index is 11.0. The third-order valence-electron chi connectivity index (χ3n) is 1.82. The lowest BCUT2D eigenvalue weighted by Gasteiger charge is -1.93. The molecule has 0 aliphatic rings. The number of carbonyl (C=O) groups is 2. The number of hydrogen-bond acceptors (Lipinski definition) is 3. The molecule has 0 saturated heterocycles. The van der Waals surface area contributed by atoms with Crippen molar-refractivity contribution in [3.63, 3.8) is 0 Å². The predicted molar refractivity (Wildman–Crippen MR) is 64.3 cm³/mol. The quantitative estimate of drug-likeness (QED) is 0.282. The molecule has 4 nitrogen and oxygen atoms in total. The van der Waals surface area contributed by atoms with Gasteiger partial charge in [-0.2, -0.15) is 0 Å². The molecule has 0 atom stereocenters. The van der Waals surface area contributed by atoms with Gasteiger partial charge in [0.25, 0.3) is 0 Å². The van der Waals surface area contributed by atoms with Gasteiger partial charge in [-0.25, -0.2) is 5.48 Å². The van der Waals surface area contributed by atoms with E-state index in [1.165, 1.54) is 11.6 Å². The van der Waals surface area contributed by atoms with Crippen LogP contribution >= 0.6 is 11.6 Å². The van der Waals surface area contributed by atoms with Crippen molar-refractivity contribution in [3.05, 3.63) is 53.1 Å². The van der Waals surface area contributed by atoms with Crippen LogP contribution in [0.1, 0.15) is 5.56 Å². The highest BCUT2D eigenvalue weighted by Crippen LogP contribution is 2.11. The topological polar surface area (TPSA) is 66.4 Å². The first kappa shape index (κ1) is 13.2. The highest BCUT2D eigenvalue weighted by molar-refractivity contribution is 6.41. The fourth-order valence-electron chi connectivity index (χ4n) is 1.04. The molecule has 0 heterocycles. The molecule has 0 unspecified atom stereocenters. The molecule has 17 heavy (non-hydrogen) atoms. The molecule has 0 radical (unpaired) electrons. The lowest BCUT2D eigenvalue weighted by molar-refractivity contribution is -0.140. The fourth-order valence-corrected chi connectivity index (χ4v) is 1.23. The maximum Gasteiger partial charge on any atom is 0.315 e. The van der Waals surface area contributed by atoms with Crippen LogP contribution in [0.15, 0.2) is 47.5 Å². The molecule has 1 rings (SSSR count). The van der Waals surface area contributed by atoms with E-state index < -0.39 is 11.7 Å². The Hall–Kier alpha value is -1.91. The second-order valence-corrected chi connectivity index (χ2v) is 3.51. The van der Waals surface area contributed by atoms with Crippen LogP contribution in [0.25, 0.3) is 6.08 Å². The minimum Gasteiger partial charge on any atom is -0.288 e. The van der Waals surface area contributed by atoms with Crippen molar-refractivity contribution in [1.29, 1.82) is 0 Å². The van der Waals surface area contributed by atoms with Crippen LogP contribution in [0.2, 0.25) is 0 Å². The molecular weight excluding hydrogens is 242 g/mol. The Morgan fingerprint density at radius 1 is 1.18 bits per heavy atom. The number of carbonyl (C=O) groups excluding carboxylic acids is 2. The molecule has 2 N–H and O–H groups in total. The molecule has 0 spiro atoms. The molecule has 1 aromatic rings. The second-order valence-electron chi connectivity index (χ2n) is 3.08. The van der Waals surface area contributed by atoms with Gasteiger partial charge in [-0.1, -0.05) is 41.9 Å². The molecule has 0 aromatic heterocycles. The Balaban J connectivity index is 2.70. The minimum atomic E-state index is -1.11. The minimum absolute atomic E-state index is 0.301. The van der Waals surface area contributed by atoms with Gasteiger partial charge in [-0.05, 0) is 23.8 Å². The summed E-state index contributed by atoms with van der Waals surface area (Å²) in [5.74, 6) is -1.99. The van der Waals surface area contributed by atoms with Crippen molar-refractivity contribution in [2.24, 2.45) is 0 Å². The van der Waals surface area contributed by atoms with Gasteiger partial charge >= 0.3 is 5.91 Å². The van der Waals surface area contributed by atoms with Crippen LogP contribution in [-0.4, -0.2) is 16.9 Å². The zero-order valence-corrected chi connectivity index (χ0v) is 9.52. The van der Waals surface area contributed by atoms with E-state index in [0.717, 1.165) is 11.6 Å². The van der Waals surface area contributed by atoms with Gasteiger partial charge < -0.3 is 0 Å². The Morgan fingerprint density at radius 2 is 1.82 bits per heavy atom. The van der Waals surface area contributed by atoms with Crippen molar-refractivity contribution in [3.8, 4) is 0 Å². The summed E-state index contributed by atoms with van der Waals surface area (Å²) < 4.78 is 0. The smallest absolute Gasteiger partial charge is 0.288 e. The maximum absolute atomic E-state index is 11.0. The van der Waals surface area contributed by atoms with Crippen LogP contribution in [0, 0.1) is 0 Å². The fraction of sp³-hybridized carbons (Fsp3) is 0. The van der Waals surface area contributed by atoms with Crippen LogP contribution in [0.3, 0.4) is 0 Å². The van der Waals surface area contributed by atoms with Crippen molar-refractivity contribution >= 4 is 29.4 Å². The van der Waals surface area contributed by atoms with Crippen LogP contribution in [-0.2, 0) is 9.59 Å². The highest BCUT2D eigenvalue weighted by atomic mass is 35.5. The number of amides is 1. The molecule has 0 fully saturated rings. The van der Waals surface area contributed by atoms with Crippen LogP contribution in [0.5, 0.6) is 0 Å². The molecule has 0 aliphatic carbocycles. The Bertz CT molecular complexity index is 466. The first-order valence-electron chi connectivity index (χ1n) is 4.72. The third-order valence-corrected chi connectivity index (χ3v) is 2.06. The highest BCUT2D eigenvalue weighted by Gasteiger charge is 2.07. The van der Waals surface area contributed by atoms with E-state index in [-0.39, 0.29) is 0 Å². The monoisotopic (exact) mass is 251 g/mol. The SMILES string of the molecule is O=C(/C=C/C(Cl)=C/c1ccccc1)C(=O)NO. The zero-order valence-electron chi connectivity index (χ0n) is 8.76. The largest absolute Gasteiger partial charge is 0.315 e. The third kappa shape index (κ3) is 4.63. The van der Waals surface area contributed by atoms with Gasteiger partial charge in [0.2, 0.25) is 5.78 Å². The van der Waals surface area contributed by atoms with E-state index in [1.807, 2.05) is 30.3 Å². The summed E-state index contributed by atoms with van der Waals surface area (Å²) in [6.45, 7) is 0. The molecule has 1 aromatic carbocycles. The van der Waals surface area contributed by atoms with E-state index in [1.54, 1.807) is 6.08 Å². The lowest BCUT2D eigenvalue weighted by atomic mass is 10.2. The van der Waals surface area contributed by atoms with Crippen LogP contribution < -0.4 is 5.48 Å². The molecular formula is C12H10ClNO3. The number of nitrogens with one attached hydrogen (secondary N) is 1. The van der Waals surface area contributed by atoms with E-state index in [2.05, 4.69) is 0 Å². The van der Waals surface area contributed by atoms with E-state index in [0.29, 0.717) is 5.03 Å². The van der Waals surface area contributed by atoms with Crippen LogP contribution in [0.4, 0.5) is 0 Å². The number of rotatable bonds is 4. The molecule has 0 saturated carbocycles. The number of benzene rings is 1. The summed E-state index contributed by atoms with van der Waals surface area (Å²) in [4.78, 5) is 21.6. The van der Waals surface area contributed by atoms with E-state index in [4.69, 9.17) is 16.8 Å². The van der Waals surface area contributed by atoms with E-state index in [9.17, 15) is 9.59 Å². The van der Waals surface area contributed by atoms with Gasteiger partial charge in [0, 0.05) is 5.03 Å². The Kier molecular flexibility index (Phi) is 5.13. The number of halogens is 1. The summed E-state index contributed by atoms with van der Waals surface area (Å²) in [6.07, 6.45) is 3.90. The van der Waals surface area contributed by atoms with E-state index >= 15 is 0 Å². The summed E-state index contributed by atoms with van der Waals surface area (Å²) in [5.41, 5.74) is 2.11. The van der Waals surface area contributed by atoms with Crippen molar-refractivity contribution < 1.29 is 14.8 Å². The summed E-state index contributed by atoms with van der Waals surface area (Å²) in [6, 6.07) is 9.27. The van der Waals surface area contributed by atoms with Gasteiger partial charge in [0.1, 0.15) is 0 Å². The summed E-state index contributed by atoms with van der Waals surface area (Å²) in [5, 5.41) is 8.50. The van der Waals surface area contributed by atoms with Gasteiger partial charge in [-0.15, -0.1) is 0 Å². The van der Waals surface area contributed by atoms with Crippen molar-refractivity contribution in [2.75, 3.05) is 0 Å². The molecule has 0 bridgehead atoms. The molecule has 1 amide bonds. The molecule has 0 aliphatic heterocycles. The summed E-state index contributed by atoms with van der Waals surface area (Å²) >= 11 is 5.84.